The van der Waals surface area contributed by atoms with E-state index < -0.39 is 0 Å². The van der Waals surface area contributed by atoms with Crippen LogP contribution in [0.1, 0.15) is 12.8 Å². The Morgan fingerprint density at radius 1 is 1.69 bits per heavy atom. The Morgan fingerprint density at radius 2 is 2.50 bits per heavy atom. The Morgan fingerprint density at radius 3 is 3.12 bits per heavy atom. The summed E-state index contributed by atoms with van der Waals surface area (Å²) < 4.78 is 0.904. The number of hydrogen-bond donors (Lipinski definition) is 1. The van der Waals surface area contributed by atoms with E-state index in [1.807, 2.05) is 6.07 Å². The normalized spacial score (nSPS) is 21.3. The smallest absolute Gasteiger partial charge is 0.144 e. The van der Waals surface area contributed by atoms with Crippen LogP contribution < -0.4 is 5.32 Å². The molecule has 2 heterocycles. The number of nitrogens with zero attached hydrogens (tertiary/aromatic N) is 2. The average molecular weight is 305 g/mol. The van der Waals surface area contributed by atoms with Gasteiger partial charge >= 0.3 is 0 Å². The minimum absolute atomic E-state index is 0.599. The quantitative estimate of drug-likeness (QED) is 0.930. The Kier molecular flexibility index (Phi) is 4.05. The van der Waals surface area contributed by atoms with Crippen LogP contribution in [0.4, 0.5) is 5.82 Å². The molecule has 1 aliphatic rings. The molecule has 1 aliphatic heterocycles. The van der Waals surface area contributed by atoms with Gasteiger partial charge in [0, 0.05) is 23.3 Å². The van der Waals surface area contributed by atoms with Gasteiger partial charge in [-0.05, 0) is 48.4 Å². The lowest BCUT2D eigenvalue weighted by molar-refractivity contribution is 0.322. The van der Waals surface area contributed by atoms with Gasteiger partial charge in [0.15, 0.2) is 0 Å². The number of likely N-dealkylation sites (N-methyl/N-ethyl adjacent to an activating group) is 1. The first-order valence-electron chi connectivity index (χ1n) is 5.42. The van der Waals surface area contributed by atoms with Gasteiger partial charge in [0.1, 0.15) is 5.82 Å². The highest BCUT2D eigenvalue weighted by Crippen LogP contribution is 2.23. The maximum atomic E-state index is 6.08. The molecule has 1 N–H and O–H groups in total. The molecule has 0 amide bonds. The van der Waals surface area contributed by atoms with E-state index in [9.17, 15) is 0 Å². The van der Waals surface area contributed by atoms with Gasteiger partial charge < -0.3 is 10.2 Å². The van der Waals surface area contributed by atoms with Crippen molar-refractivity contribution in [2.24, 2.45) is 0 Å². The fourth-order valence-corrected chi connectivity index (χ4v) is 2.69. The number of aromatic nitrogens is 1. The topological polar surface area (TPSA) is 28.2 Å². The van der Waals surface area contributed by atoms with Crippen LogP contribution in [-0.4, -0.2) is 36.1 Å². The molecule has 3 nitrogen and oxygen atoms in total. The van der Waals surface area contributed by atoms with E-state index in [1.54, 1.807) is 6.20 Å². The van der Waals surface area contributed by atoms with Crippen LogP contribution in [0.3, 0.4) is 0 Å². The Balaban J connectivity index is 1.94. The van der Waals surface area contributed by atoms with Crippen molar-refractivity contribution >= 4 is 33.3 Å². The number of rotatable bonds is 3. The molecule has 0 saturated carbocycles. The molecule has 1 aromatic rings. The Bertz CT molecular complexity index is 372. The van der Waals surface area contributed by atoms with Crippen LogP contribution in [-0.2, 0) is 0 Å². The third-order valence-electron chi connectivity index (χ3n) is 2.98. The second-order valence-electron chi connectivity index (χ2n) is 4.14. The first-order valence-corrected chi connectivity index (χ1v) is 6.59. The summed E-state index contributed by atoms with van der Waals surface area (Å²) in [6, 6.07) is 2.46. The number of hydrogen-bond acceptors (Lipinski definition) is 3. The molecular weight excluding hydrogens is 289 g/mol. The minimum atomic E-state index is 0.599. The lowest BCUT2D eigenvalue weighted by Crippen LogP contribution is -2.31. The molecule has 88 valence electrons. The summed E-state index contributed by atoms with van der Waals surface area (Å²) in [4.78, 5) is 6.63. The standard InChI is InChI=1S/C11H15BrClN3/c1-16-4-2-3-9(16)7-15-11-10(13)5-8(12)6-14-11/h5-6,9H,2-4,7H2,1H3,(H,14,15). The van der Waals surface area contributed by atoms with E-state index in [4.69, 9.17) is 11.6 Å². The summed E-state index contributed by atoms with van der Waals surface area (Å²) in [6.45, 7) is 2.10. The van der Waals surface area contributed by atoms with E-state index in [1.165, 1.54) is 19.4 Å². The van der Waals surface area contributed by atoms with Crippen molar-refractivity contribution < 1.29 is 0 Å². The fraction of sp³-hybridized carbons (Fsp3) is 0.545. The van der Waals surface area contributed by atoms with Gasteiger partial charge in [-0.1, -0.05) is 11.6 Å². The Hall–Kier alpha value is -0.320. The third kappa shape index (κ3) is 2.87. The van der Waals surface area contributed by atoms with Gasteiger partial charge in [0.2, 0.25) is 0 Å². The zero-order valence-electron chi connectivity index (χ0n) is 9.21. The van der Waals surface area contributed by atoms with E-state index in [0.717, 1.165) is 16.8 Å². The predicted molar refractivity (Wildman–Crippen MR) is 71.1 cm³/mol. The summed E-state index contributed by atoms with van der Waals surface area (Å²) in [5, 5.41) is 3.97. The van der Waals surface area contributed by atoms with E-state index in [0.29, 0.717) is 11.1 Å². The summed E-state index contributed by atoms with van der Waals surface area (Å²) in [6.07, 6.45) is 4.29. The zero-order chi connectivity index (χ0) is 11.5. The molecule has 0 bridgehead atoms. The number of nitrogens with one attached hydrogen (secondary N) is 1. The summed E-state index contributed by atoms with van der Waals surface area (Å²) in [5.41, 5.74) is 0. The SMILES string of the molecule is CN1CCCC1CNc1ncc(Br)cc1Cl. The average Bonchev–Trinajstić information content (AvgIpc) is 2.63. The van der Waals surface area contributed by atoms with Gasteiger partial charge in [0.05, 0.1) is 5.02 Å². The molecule has 5 heteroatoms. The maximum Gasteiger partial charge on any atom is 0.144 e. The molecule has 1 fully saturated rings. The molecule has 1 unspecified atom stereocenters. The second-order valence-corrected chi connectivity index (χ2v) is 5.46. The Labute approximate surface area is 109 Å². The first-order chi connectivity index (χ1) is 7.66. The molecule has 1 aromatic heterocycles. The largest absolute Gasteiger partial charge is 0.367 e. The van der Waals surface area contributed by atoms with Crippen molar-refractivity contribution in [3.8, 4) is 0 Å². The molecule has 0 aromatic carbocycles. The number of likely N-dealkylation sites (tertiary alicyclic amines) is 1. The van der Waals surface area contributed by atoms with Gasteiger partial charge in [-0.3, -0.25) is 0 Å². The molecular formula is C11H15BrClN3. The van der Waals surface area contributed by atoms with Crippen molar-refractivity contribution in [2.75, 3.05) is 25.5 Å². The van der Waals surface area contributed by atoms with Crippen LogP contribution in [0.2, 0.25) is 5.02 Å². The van der Waals surface area contributed by atoms with Crippen LogP contribution in [0.15, 0.2) is 16.7 Å². The fourth-order valence-electron chi connectivity index (χ4n) is 2.00. The summed E-state index contributed by atoms with van der Waals surface area (Å²) in [7, 11) is 2.16. The van der Waals surface area contributed by atoms with Gasteiger partial charge in [-0.2, -0.15) is 0 Å². The minimum Gasteiger partial charge on any atom is -0.367 e. The molecule has 0 radical (unpaired) electrons. The molecule has 16 heavy (non-hydrogen) atoms. The van der Waals surface area contributed by atoms with Crippen molar-refractivity contribution in [3.05, 3.63) is 21.8 Å². The number of pyridine rings is 1. The third-order valence-corrected chi connectivity index (χ3v) is 3.71. The zero-order valence-corrected chi connectivity index (χ0v) is 11.6. The highest BCUT2D eigenvalue weighted by Gasteiger charge is 2.20. The van der Waals surface area contributed by atoms with Gasteiger partial charge in [-0.25, -0.2) is 4.98 Å². The predicted octanol–water partition coefficient (Wildman–Crippen LogP) is 3.00. The van der Waals surface area contributed by atoms with Crippen molar-refractivity contribution in [1.29, 1.82) is 0 Å². The lowest BCUT2D eigenvalue weighted by atomic mass is 10.2. The molecule has 0 spiro atoms. The van der Waals surface area contributed by atoms with Crippen LogP contribution in [0.5, 0.6) is 0 Å². The van der Waals surface area contributed by atoms with E-state index in [-0.39, 0.29) is 0 Å². The number of halogens is 2. The van der Waals surface area contributed by atoms with Crippen molar-refractivity contribution in [1.82, 2.24) is 9.88 Å². The van der Waals surface area contributed by atoms with Crippen LogP contribution in [0, 0.1) is 0 Å². The molecule has 1 atom stereocenters. The van der Waals surface area contributed by atoms with E-state index >= 15 is 0 Å². The highest BCUT2D eigenvalue weighted by molar-refractivity contribution is 9.10. The number of anilines is 1. The lowest BCUT2D eigenvalue weighted by Gasteiger charge is -2.20. The highest BCUT2D eigenvalue weighted by atomic mass is 79.9. The van der Waals surface area contributed by atoms with Gasteiger partial charge in [-0.15, -0.1) is 0 Å². The monoisotopic (exact) mass is 303 g/mol. The van der Waals surface area contributed by atoms with E-state index in [2.05, 4.69) is 38.2 Å². The second kappa shape index (κ2) is 5.34. The molecule has 2 rings (SSSR count). The van der Waals surface area contributed by atoms with Crippen molar-refractivity contribution in [3.63, 3.8) is 0 Å². The van der Waals surface area contributed by atoms with Gasteiger partial charge in [0.25, 0.3) is 0 Å². The van der Waals surface area contributed by atoms with Crippen LogP contribution >= 0.6 is 27.5 Å². The summed E-state index contributed by atoms with van der Waals surface area (Å²) in [5.74, 6) is 0.769. The molecule has 0 aliphatic carbocycles. The summed E-state index contributed by atoms with van der Waals surface area (Å²) >= 11 is 9.42. The van der Waals surface area contributed by atoms with Crippen molar-refractivity contribution in [2.45, 2.75) is 18.9 Å². The molecule has 1 saturated heterocycles. The van der Waals surface area contributed by atoms with Crippen LogP contribution in [0.25, 0.3) is 0 Å². The first kappa shape index (κ1) is 12.1. The maximum absolute atomic E-state index is 6.08.